The Morgan fingerprint density at radius 1 is 0.824 bits per heavy atom. The molecule has 2 amide bonds. The Kier molecular flexibility index (Phi) is 8.23. The maximum atomic E-state index is 12.5. The number of methoxy groups -OCH3 is 2. The fourth-order valence-electron chi connectivity index (χ4n) is 3.22. The maximum Gasteiger partial charge on any atom is 0.308 e. The Labute approximate surface area is 197 Å². The van der Waals surface area contributed by atoms with Crippen molar-refractivity contribution in [3.63, 3.8) is 0 Å². The SMILES string of the molecule is COc1ccc(CC(=O)NCc2ccc(NC(=O)c3cccc(OC(C)=O)c3)cc2)cc1OC. The minimum absolute atomic E-state index is 0.128. The van der Waals surface area contributed by atoms with Gasteiger partial charge in [-0.1, -0.05) is 24.3 Å². The molecule has 2 N–H and O–H groups in total. The third kappa shape index (κ3) is 6.83. The average molecular weight is 463 g/mol. The minimum Gasteiger partial charge on any atom is -0.493 e. The molecule has 8 nitrogen and oxygen atoms in total. The molecule has 0 aliphatic heterocycles. The van der Waals surface area contributed by atoms with Crippen LogP contribution >= 0.6 is 0 Å². The van der Waals surface area contributed by atoms with Crippen molar-refractivity contribution in [1.29, 1.82) is 0 Å². The Bertz CT molecular complexity index is 1170. The first-order chi connectivity index (χ1) is 16.4. The highest BCUT2D eigenvalue weighted by Gasteiger charge is 2.10. The second kappa shape index (κ2) is 11.5. The van der Waals surface area contributed by atoms with Crippen molar-refractivity contribution < 1.29 is 28.6 Å². The molecule has 3 aromatic rings. The number of carbonyl (C=O) groups is 3. The highest BCUT2D eigenvalue weighted by Crippen LogP contribution is 2.27. The molecule has 0 aliphatic carbocycles. The highest BCUT2D eigenvalue weighted by molar-refractivity contribution is 6.04. The Morgan fingerprint density at radius 3 is 2.21 bits per heavy atom. The minimum atomic E-state index is -0.455. The van der Waals surface area contributed by atoms with Gasteiger partial charge in [-0.2, -0.15) is 0 Å². The predicted molar refractivity (Wildman–Crippen MR) is 127 cm³/mol. The molecule has 0 fully saturated rings. The van der Waals surface area contributed by atoms with E-state index in [1.807, 2.05) is 18.2 Å². The van der Waals surface area contributed by atoms with Crippen molar-refractivity contribution in [2.45, 2.75) is 19.9 Å². The van der Waals surface area contributed by atoms with Crippen LogP contribution in [-0.2, 0) is 22.6 Å². The third-order valence-electron chi connectivity index (χ3n) is 4.87. The molecule has 0 radical (unpaired) electrons. The number of esters is 1. The summed E-state index contributed by atoms with van der Waals surface area (Å²) in [5.74, 6) is 0.574. The van der Waals surface area contributed by atoms with E-state index in [2.05, 4.69) is 10.6 Å². The van der Waals surface area contributed by atoms with Crippen LogP contribution in [0.4, 0.5) is 5.69 Å². The lowest BCUT2D eigenvalue weighted by atomic mass is 10.1. The van der Waals surface area contributed by atoms with E-state index in [9.17, 15) is 14.4 Å². The lowest BCUT2D eigenvalue weighted by molar-refractivity contribution is -0.131. The van der Waals surface area contributed by atoms with Gasteiger partial charge in [0, 0.05) is 24.7 Å². The second-order valence-electron chi connectivity index (χ2n) is 7.42. The van der Waals surface area contributed by atoms with Crippen LogP contribution in [0.15, 0.2) is 66.7 Å². The van der Waals surface area contributed by atoms with Crippen molar-refractivity contribution in [3.05, 3.63) is 83.4 Å². The predicted octanol–water partition coefficient (Wildman–Crippen LogP) is 3.74. The van der Waals surface area contributed by atoms with E-state index >= 15 is 0 Å². The van der Waals surface area contributed by atoms with Gasteiger partial charge in [-0.25, -0.2) is 0 Å². The van der Waals surface area contributed by atoms with Gasteiger partial charge in [0.2, 0.25) is 5.91 Å². The number of hydrogen-bond acceptors (Lipinski definition) is 6. The van der Waals surface area contributed by atoms with Crippen molar-refractivity contribution in [2.24, 2.45) is 0 Å². The largest absolute Gasteiger partial charge is 0.493 e. The van der Waals surface area contributed by atoms with Gasteiger partial charge in [0.25, 0.3) is 5.91 Å². The molecule has 0 saturated heterocycles. The van der Waals surface area contributed by atoms with Crippen LogP contribution in [0.1, 0.15) is 28.4 Å². The van der Waals surface area contributed by atoms with E-state index < -0.39 is 5.97 Å². The number of nitrogens with one attached hydrogen (secondary N) is 2. The fourth-order valence-corrected chi connectivity index (χ4v) is 3.22. The number of benzene rings is 3. The fraction of sp³-hybridized carbons (Fsp3) is 0.192. The first-order valence-electron chi connectivity index (χ1n) is 10.5. The van der Waals surface area contributed by atoms with Crippen molar-refractivity contribution in [2.75, 3.05) is 19.5 Å². The number of amides is 2. The molecule has 3 rings (SSSR count). The summed E-state index contributed by atoms with van der Waals surface area (Å²) in [6.45, 7) is 1.65. The molecule has 0 spiro atoms. The first kappa shape index (κ1) is 24.3. The Balaban J connectivity index is 1.52. The third-order valence-corrected chi connectivity index (χ3v) is 4.87. The number of rotatable bonds is 9. The van der Waals surface area contributed by atoms with Gasteiger partial charge in [0.05, 0.1) is 20.6 Å². The molecule has 0 bridgehead atoms. The van der Waals surface area contributed by atoms with Crippen LogP contribution in [0.2, 0.25) is 0 Å². The summed E-state index contributed by atoms with van der Waals surface area (Å²) in [6.07, 6.45) is 0.209. The highest BCUT2D eigenvalue weighted by atomic mass is 16.5. The first-order valence-corrected chi connectivity index (χ1v) is 10.5. The summed E-state index contributed by atoms with van der Waals surface area (Å²) >= 11 is 0. The molecule has 3 aromatic carbocycles. The number of hydrogen-bond donors (Lipinski definition) is 2. The van der Waals surface area contributed by atoms with Gasteiger partial charge in [-0.05, 0) is 53.6 Å². The van der Waals surface area contributed by atoms with E-state index in [1.165, 1.54) is 13.0 Å². The zero-order valence-electron chi connectivity index (χ0n) is 19.2. The Hall–Kier alpha value is -4.33. The number of ether oxygens (including phenoxy) is 3. The van der Waals surface area contributed by atoms with Crippen molar-refractivity contribution >= 4 is 23.5 Å². The second-order valence-corrected chi connectivity index (χ2v) is 7.42. The molecular weight excluding hydrogens is 436 g/mol. The summed E-state index contributed by atoms with van der Waals surface area (Å²) < 4.78 is 15.5. The molecule has 0 saturated carbocycles. The topological polar surface area (TPSA) is 103 Å². The number of anilines is 1. The molecule has 176 valence electrons. The van der Waals surface area contributed by atoms with E-state index in [0.717, 1.165) is 11.1 Å². The van der Waals surface area contributed by atoms with Crippen LogP contribution in [0.5, 0.6) is 17.2 Å². The molecule has 0 atom stereocenters. The van der Waals surface area contributed by atoms with E-state index in [-0.39, 0.29) is 18.2 Å². The van der Waals surface area contributed by atoms with Gasteiger partial charge in [-0.3, -0.25) is 14.4 Å². The van der Waals surface area contributed by atoms with Gasteiger partial charge < -0.3 is 24.8 Å². The lowest BCUT2D eigenvalue weighted by Crippen LogP contribution is -2.24. The lowest BCUT2D eigenvalue weighted by Gasteiger charge is -2.10. The van der Waals surface area contributed by atoms with Crippen LogP contribution in [0.25, 0.3) is 0 Å². The summed E-state index contributed by atoms with van der Waals surface area (Å²) in [6, 6.07) is 18.9. The van der Waals surface area contributed by atoms with Crippen molar-refractivity contribution in [1.82, 2.24) is 5.32 Å². The molecule has 0 aromatic heterocycles. The molecule has 0 heterocycles. The zero-order chi connectivity index (χ0) is 24.5. The van der Waals surface area contributed by atoms with Crippen LogP contribution in [0.3, 0.4) is 0 Å². The average Bonchev–Trinajstić information content (AvgIpc) is 2.83. The standard InChI is InChI=1S/C26H26N2O6/c1-17(29)34-22-6-4-5-20(15-22)26(31)28-21-10-7-18(8-11-21)16-27-25(30)14-19-9-12-23(32-2)24(13-19)33-3/h4-13,15H,14,16H2,1-3H3,(H,27,30)(H,28,31). The summed E-state index contributed by atoms with van der Waals surface area (Å²) in [4.78, 5) is 35.9. The monoisotopic (exact) mass is 462 g/mol. The zero-order valence-corrected chi connectivity index (χ0v) is 19.2. The van der Waals surface area contributed by atoms with Gasteiger partial charge in [0.1, 0.15) is 5.75 Å². The van der Waals surface area contributed by atoms with E-state index in [4.69, 9.17) is 14.2 Å². The van der Waals surface area contributed by atoms with Crippen LogP contribution < -0.4 is 24.8 Å². The van der Waals surface area contributed by atoms with E-state index in [1.54, 1.807) is 56.7 Å². The van der Waals surface area contributed by atoms with Gasteiger partial charge in [0.15, 0.2) is 11.5 Å². The quantitative estimate of drug-likeness (QED) is 0.371. The maximum absolute atomic E-state index is 12.5. The van der Waals surface area contributed by atoms with E-state index in [0.29, 0.717) is 35.0 Å². The van der Waals surface area contributed by atoms with Crippen molar-refractivity contribution in [3.8, 4) is 17.2 Å². The molecule has 0 aliphatic rings. The molecule has 8 heteroatoms. The molecule has 34 heavy (non-hydrogen) atoms. The normalized spacial score (nSPS) is 10.2. The van der Waals surface area contributed by atoms with Gasteiger partial charge in [-0.15, -0.1) is 0 Å². The van der Waals surface area contributed by atoms with Gasteiger partial charge >= 0.3 is 5.97 Å². The number of carbonyl (C=O) groups excluding carboxylic acids is 3. The summed E-state index contributed by atoms with van der Waals surface area (Å²) in [5.41, 5.74) is 2.66. The molecule has 0 unspecified atom stereocenters. The summed E-state index contributed by atoms with van der Waals surface area (Å²) in [7, 11) is 3.11. The van der Waals surface area contributed by atoms with Crippen LogP contribution in [-0.4, -0.2) is 32.0 Å². The molecular formula is C26H26N2O6. The smallest absolute Gasteiger partial charge is 0.308 e. The Morgan fingerprint density at radius 2 is 1.53 bits per heavy atom. The summed E-state index contributed by atoms with van der Waals surface area (Å²) in [5, 5.41) is 5.68. The van der Waals surface area contributed by atoms with Crippen LogP contribution in [0, 0.1) is 0 Å².